The highest BCUT2D eigenvalue weighted by molar-refractivity contribution is 7.12. The van der Waals surface area contributed by atoms with Crippen LogP contribution in [0.4, 0.5) is 0 Å². The maximum atomic E-state index is 5.75. The monoisotopic (exact) mass is 225 g/mol. The van der Waals surface area contributed by atoms with Gasteiger partial charge in [0.25, 0.3) is 0 Å². The van der Waals surface area contributed by atoms with Crippen LogP contribution in [0.5, 0.6) is 0 Å². The number of hydrogen-bond donors (Lipinski definition) is 0. The Bertz CT molecular complexity index is 458. The fourth-order valence-electron chi connectivity index (χ4n) is 1.39. The van der Waals surface area contributed by atoms with E-state index in [0.29, 0.717) is 11.1 Å². The highest BCUT2D eigenvalue weighted by Crippen LogP contribution is 2.39. The average Bonchev–Trinajstić information content (AvgIpc) is 2.76. The molecule has 0 bridgehead atoms. The van der Waals surface area contributed by atoms with E-state index in [-0.39, 0.29) is 0 Å². The fourth-order valence-corrected chi connectivity index (χ4v) is 2.27. The molecule has 0 amide bonds. The number of thiazole rings is 1. The molecule has 2 heterocycles. The third-order valence-electron chi connectivity index (χ3n) is 2.27. The highest BCUT2D eigenvalue weighted by Gasteiger charge is 2.26. The Morgan fingerprint density at radius 3 is 3.00 bits per heavy atom. The minimum atomic E-state index is 0.536. The van der Waals surface area contributed by atoms with E-state index in [9.17, 15) is 0 Å². The molecule has 0 aromatic carbocycles. The second-order valence-corrected chi connectivity index (χ2v) is 4.64. The lowest BCUT2D eigenvalue weighted by Crippen LogP contribution is -1.94. The summed E-state index contributed by atoms with van der Waals surface area (Å²) in [5, 5.41) is 7.65. The Hall–Kier alpha value is -0.870. The third-order valence-corrected chi connectivity index (χ3v) is 3.42. The van der Waals surface area contributed by atoms with Crippen molar-refractivity contribution in [2.75, 3.05) is 0 Å². The van der Waals surface area contributed by atoms with Crippen LogP contribution in [0.2, 0.25) is 5.15 Å². The van der Waals surface area contributed by atoms with Crippen LogP contribution in [-0.2, 0) is 0 Å². The van der Waals surface area contributed by atoms with Crippen molar-refractivity contribution < 1.29 is 0 Å². The number of nitrogens with zero attached hydrogens (tertiary/aromatic N) is 3. The molecule has 0 saturated heterocycles. The molecule has 2 aromatic heterocycles. The van der Waals surface area contributed by atoms with Crippen molar-refractivity contribution in [2.24, 2.45) is 0 Å². The molecule has 5 heteroatoms. The summed E-state index contributed by atoms with van der Waals surface area (Å²) in [6.45, 7) is 0. The van der Waals surface area contributed by atoms with Crippen molar-refractivity contribution in [3.8, 4) is 5.13 Å². The zero-order valence-electron chi connectivity index (χ0n) is 7.35. The van der Waals surface area contributed by atoms with Gasteiger partial charge in [0.05, 0.1) is 5.69 Å². The molecule has 0 spiro atoms. The molecule has 72 valence electrons. The number of aromatic nitrogens is 3. The summed E-state index contributed by atoms with van der Waals surface area (Å²) < 4.78 is 1.80. The van der Waals surface area contributed by atoms with E-state index >= 15 is 0 Å². The second kappa shape index (κ2) is 3.07. The minimum absolute atomic E-state index is 0.536. The first-order valence-corrected chi connectivity index (χ1v) is 5.75. The van der Waals surface area contributed by atoms with Gasteiger partial charge in [-0.05, 0) is 18.9 Å². The van der Waals surface area contributed by atoms with Gasteiger partial charge in [-0.3, -0.25) is 0 Å². The summed E-state index contributed by atoms with van der Waals surface area (Å²) in [6.07, 6.45) is 4.49. The summed E-state index contributed by atoms with van der Waals surface area (Å²) in [4.78, 5) is 4.16. The van der Waals surface area contributed by atoms with Gasteiger partial charge in [-0.15, -0.1) is 11.3 Å². The van der Waals surface area contributed by atoms with E-state index in [4.69, 9.17) is 11.6 Å². The lowest BCUT2D eigenvalue weighted by atomic mass is 10.3. The van der Waals surface area contributed by atoms with E-state index < -0.39 is 0 Å². The van der Waals surface area contributed by atoms with Crippen LogP contribution >= 0.6 is 22.9 Å². The van der Waals surface area contributed by atoms with Crippen LogP contribution in [0.25, 0.3) is 5.13 Å². The smallest absolute Gasteiger partial charge is 0.211 e. The Labute approximate surface area is 90.3 Å². The Morgan fingerprint density at radius 1 is 1.50 bits per heavy atom. The second-order valence-electron chi connectivity index (χ2n) is 3.41. The zero-order chi connectivity index (χ0) is 9.54. The van der Waals surface area contributed by atoms with Gasteiger partial charge >= 0.3 is 0 Å². The predicted octanol–water partition coefficient (Wildman–Crippen LogP) is 2.86. The molecule has 1 saturated carbocycles. The van der Waals surface area contributed by atoms with Crippen molar-refractivity contribution in [3.05, 3.63) is 28.5 Å². The van der Waals surface area contributed by atoms with Crippen LogP contribution in [0, 0.1) is 0 Å². The largest absolute Gasteiger partial charge is 0.213 e. The summed E-state index contributed by atoms with van der Waals surface area (Å²) >= 11 is 7.26. The first-order valence-electron chi connectivity index (χ1n) is 4.50. The van der Waals surface area contributed by atoms with Gasteiger partial charge in [0, 0.05) is 17.5 Å². The van der Waals surface area contributed by atoms with Gasteiger partial charge in [0.2, 0.25) is 5.13 Å². The van der Waals surface area contributed by atoms with E-state index in [0.717, 1.165) is 5.13 Å². The summed E-state index contributed by atoms with van der Waals surface area (Å²) in [5.41, 5.74) is 1.18. The normalized spacial score (nSPS) is 16.1. The Morgan fingerprint density at radius 2 is 2.36 bits per heavy atom. The van der Waals surface area contributed by atoms with Crippen molar-refractivity contribution in [1.82, 2.24) is 14.8 Å². The van der Waals surface area contributed by atoms with E-state index in [1.807, 2.05) is 11.6 Å². The van der Waals surface area contributed by atoms with Gasteiger partial charge in [0.1, 0.15) is 5.15 Å². The molecule has 14 heavy (non-hydrogen) atoms. The van der Waals surface area contributed by atoms with Crippen LogP contribution in [0.15, 0.2) is 17.6 Å². The molecule has 0 aliphatic heterocycles. The van der Waals surface area contributed by atoms with Crippen LogP contribution in [-0.4, -0.2) is 14.8 Å². The Balaban J connectivity index is 1.95. The molecule has 1 aliphatic rings. The molecular weight excluding hydrogens is 218 g/mol. The fraction of sp³-hybridized carbons (Fsp3) is 0.333. The van der Waals surface area contributed by atoms with Gasteiger partial charge in [-0.1, -0.05) is 11.6 Å². The predicted molar refractivity (Wildman–Crippen MR) is 56.2 cm³/mol. The van der Waals surface area contributed by atoms with Gasteiger partial charge in [-0.2, -0.15) is 5.10 Å². The number of halogens is 1. The van der Waals surface area contributed by atoms with Crippen molar-refractivity contribution in [2.45, 2.75) is 18.8 Å². The molecular formula is C9H8ClN3S. The Kier molecular flexibility index (Phi) is 1.85. The lowest BCUT2D eigenvalue weighted by Gasteiger charge is -1.92. The third kappa shape index (κ3) is 1.44. The quantitative estimate of drug-likeness (QED) is 0.787. The number of rotatable bonds is 2. The highest BCUT2D eigenvalue weighted by atomic mass is 35.5. The number of hydrogen-bond acceptors (Lipinski definition) is 3. The van der Waals surface area contributed by atoms with Gasteiger partial charge in [0.15, 0.2) is 0 Å². The van der Waals surface area contributed by atoms with Crippen molar-refractivity contribution in [1.29, 1.82) is 0 Å². The average molecular weight is 226 g/mol. The maximum absolute atomic E-state index is 5.75. The van der Waals surface area contributed by atoms with Crippen LogP contribution in [0.1, 0.15) is 24.5 Å². The van der Waals surface area contributed by atoms with Gasteiger partial charge < -0.3 is 0 Å². The van der Waals surface area contributed by atoms with Crippen LogP contribution < -0.4 is 0 Å². The molecule has 2 aromatic rings. The van der Waals surface area contributed by atoms with E-state index in [1.54, 1.807) is 4.68 Å². The zero-order valence-corrected chi connectivity index (χ0v) is 8.92. The first-order chi connectivity index (χ1) is 6.83. The molecule has 0 N–H and O–H groups in total. The topological polar surface area (TPSA) is 30.7 Å². The maximum Gasteiger partial charge on any atom is 0.211 e. The molecule has 0 atom stereocenters. The lowest BCUT2D eigenvalue weighted by molar-refractivity contribution is 0.830. The molecule has 0 unspecified atom stereocenters. The molecule has 1 aliphatic carbocycles. The minimum Gasteiger partial charge on any atom is -0.213 e. The van der Waals surface area contributed by atoms with E-state index in [1.165, 1.54) is 29.9 Å². The summed E-state index contributed by atoms with van der Waals surface area (Å²) in [5.74, 6) is 0.687. The first kappa shape index (κ1) is 8.44. The standard InChI is InChI=1S/C9H8ClN3S/c10-8-5-14-9(11-8)13-4-3-7(12-13)6-1-2-6/h3-6H,1-2H2. The van der Waals surface area contributed by atoms with Crippen molar-refractivity contribution in [3.63, 3.8) is 0 Å². The van der Waals surface area contributed by atoms with Gasteiger partial charge in [-0.25, -0.2) is 9.67 Å². The van der Waals surface area contributed by atoms with Crippen LogP contribution in [0.3, 0.4) is 0 Å². The summed E-state index contributed by atoms with van der Waals surface area (Å²) in [6, 6.07) is 2.06. The van der Waals surface area contributed by atoms with E-state index in [2.05, 4.69) is 16.1 Å². The molecule has 1 fully saturated rings. The molecule has 0 radical (unpaired) electrons. The van der Waals surface area contributed by atoms with Crippen molar-refractivity contribution >= 4 is 22.9 Å². The molecule has 3 rings (SSSR count). The SMILES string of the molecule is Clc1csc(-n2ccc(C3CC3)n2)n1. The summed E-state index contributed by atoms with van der Waals surface area (Å²) in [7, 11) is 0. The molecule has 3 nitrogen and oxygen atoms in total.